The van der Waals surface area contributed by atoms with Gasteiger partial charge >= 0.3 is 0 Å². The summed E-state index contributed by atoms with van der Waals surface area (Å²) in [7, 11) is 0. The highest BCUT2D eigenvalue weighted by atomic mass is 32.1. The second-order valence-corrected chi connectivity index (χ2v) is 9.24. The van der Waals surface area contributed by atoms with Crippen molar-refractivity contribution in [1.82, 2.24) is 14.9 Å². The molecule has 2 fully saturated rings. The molecule has 0 aromatic carbocycles. The van der Waals surface area contributed by atoms with Gasteiger partial charge in [-0.25, -0.2) is 4.98 Å². The highest BCUT2D eigenvalue weighted by molar-refractivity contribution is 7.18. The topological polar surface area (TPSA) is 79.7 Å². The van der Waals surface area contributed by atoms with Crippen molar-refractivity contribution < 1.29 is 14.4 Å². The third-order valence-electron chi connectivity index (χ3n) is 6.28. The summed E-state index contributed by atoms with van der Waals surface area (Å²) < 4.78 is 5.53. The number of nitrogens with zero attached hydrogens (tertiary/aromatic N) is 2. The van der Waals surface area contributed by atoms with Crippen LogP contribution < -0.4 is 10.5 Å². The Bertz CT molecular complexity index is 939. The lowest BCUT2D eigenvalue weighted by Crippen LogP contribution is -3.13. The fourth-order valence-corrected chi connectivity index (χ4v) is 6.01. The molecule has 1 atom stereocenters. The van der Waals surface area contributed by atoms with Crippen LogP contribution in [0.25, 0.3) is 10.2 Å². The molecule has 1 aliphatic carbocycles. The predicted octanol–water partition coefficient (Wildman–Crippen LogP) is 0.270. The standard InChI is InChI=1S/C20H26N4O3S/c25-18-17-13-4-1-2-6-15(13)28-19(17)22-16(21-18)12-23-7-9-24(10-8-23)20(26)14-5-3-11-27-14/h14H,1-12H2,(H,21,22,25)/p+1/t14-/m0/s1. The first kappa shape index (κ1) is 18.3. The molecule has 2 saturated heterocycles. The molecular weight excluding hydrogens is 376 g/mol. The van der Waals surface area contributed by atoms with Crippen LogP contribution in [0.3, 0.4) is 0 Å². The Morgan fingerprint density at radius 1 is 1.25 bits per heavy atom. The molecule has 2 aliphatic heterocycles. The predicted molar refractivity (Wildman–Crippen MR) is 107 cm³/mol. The number of hydrogen-bond acceptors (Lipinski definition) is 5. The summed E-state index contributed by atoms with van der Waals surface area (Å²) in [5.41, 5.74) is 1.26. The average Bonchev–Trinajstić information content (AvgIpc) is 3.36. The van der Waals surface area contributed by atoms with Gasteiger partial charge in [-0.05, 0) is 44.1 Å². The number of carbonyl (C=O) groups excluding carboxylic acids is 1. The van der Waals surface area contributed by atoms with E-state index >= 15 is 0 Å². The van der Waals surface area contributed by atoms with Gasteiger partial charge in [-0.1, -0.05) is 0 Å². The largest absolute Gasteiger partial charge is 0.368 e. The first-order chi connectivity index (χ1) is 13.7. The number of rotatable bonds is 3. The summed E-state index contributed by atoms with van der Waals surface area (Å²) in [4.78, 5) is 38.6. The minimum absolute atomic E-state index is 0.0194. The van der Waals surface area contributed by atoms with E-state index in [0.29, 0.717) is 13.2 Å². The number of hydrogen-bond donors (Lipinski definition) is 2. The number of thiophene rings is 1. The van der Waals surface area contributed by atoms with Gasteiger partial charge in [0.25, 0.3) is 11.5 Å². The summed E-state index contributed by atoms with van der Waals surface area (Å²) in [5, 5.41) is 0.824. The Kier molecular flexibility index (Phi) is 4.94. The van der Waals surface area contributed by atoms with Crippen molar-refractivity contribution >= 4 is 27.5 Å². The Labute approximate surface area is 167 Å². The monoisotopic (exact) mass is 403 g/mol. The number of piperazine rings is 1. The van der Waals surface area contributed by atoms with Crippen LogP contribution in [0.1, 0.15) is 41.9 Å². The van der Waals surface area contributed by atoms with E-state index in [2.05, 4.69) is 4.98 Å². The Hall–Kier alpha value is -1.77. The van der Waals surface area contributed by atoms with Gasteiger partial charge in [0.2, 0.25) is 0 Å². The van der Waals surface area contributed by atoms with Gasteiger partial charge in [0.15, 0.2) is 5.82 Å². The molecule has 28 heavy (non-hydrogen) atoms. The van der Waals surface area contributed by atoms with E-state index in [-0.39, 0.29) is 17.6 Å². The SMILES string of the molecule is O=C([C@@H]1CCCO1)N1CC[NH+](Cc2nc3sc4c(c3c(=O)[nH]2)CCCC4)CC1. The summed E-state index contributed by atoms with van der Waals surface area (Å²) in [6, 6.07) is 0. The van der Waals surface area contributed by atoms with E-state index in [4.69, 9.17) is 9.72 Å². The number of amides is 1. The summed E-state index contributed by atoms with van der Waals surface area (Å²) in [6.07, 6.45) is 6.06. The lowest BCUT2D eigenvalue weighted by atomic mass is 9.97. The lowest BCUT2D eigenvalue weighted by Gasteiger charge is -2.33. The Balaban J connectivity index is 1.26. The number of aromatic nitrogens is 2. The van der Waals surface area contributed by atoms with Crippen LogP contribution in [0.5, 0.6) is 0 Å². The molecule has 0 bridgehead atoms. The van der Waals surface area contributed by atoms with Crippen molar-refractivity contribution in [2.45, 2.75) is 51.2 Å². The van der Waals surface area contributed by atoms with Crippen LogP contribution in [0, 0.1) is 0 Å². The smallest absolute Gasteiger partial charge is 0.260 e. The molecule has 4 heterocycles. The number of aromatic amines is 1. The van der Waals surface area contributed by atoms with Crippen LogP contribution in [-0.2, 0) is 28.9 Å². The number of carbonyl (C=O) groups is 1. The normalized spacial score (nSPS) is 23.3. The van der Waals surface area contributed by atoms with Gasteiger partial charge in [0, 0.05) is 11.5 Å². The van der Waals surface area contributed by atoms with E-state index in [1.165, 1.54) is 28.2 Å². The van der Waals surface area contributed by atoms with Crippen molar-refractivity contribution in [3.05, 3.63) is 26.6 Å². The zero-order valence-corrected chi connectivity index (χ0v) is 16.9. The van der Waals surface area contributed by atoms with Gasteiger partial charge in [-0.15, -0.1) is 11.3 Å². The quantitative estimate of drug-likeness (QED) is 0.771. The summed E-state index contributed by atoms with van der Waals surface area (Å²) in [6.45, 7) is 4.65. The third kappa shape index (κ3) is 3.38. The molecule has 3 aliphatic rings. The maximum atomic E-state index is 12.7. The minimum atomic E-state index is -0.230. The maximum Gasteiger partial charge on any atom is 0.260 e. The zero-order chi connectivity index (χ0) is 19.1. The van der Waals surface area contributed by atoms with E-state index in [1.54, 1.807) is 11.3 Å². The minimum Gasteiger partial charge on any atom is -0.368 e. The highest BCUT2D eigenvalue weighted by Gasteiger charge is 2.32. The van der Waals surface area contributed by atoms with Crippen molar-refractivity contribution in [3.8, 4) is 0 Å². The Morgan fingerprint density at radius 2 is 2.07 bits per heavy atom. The molecule has 7 nitrogen and oxygen atoms in total. The van der Waals surface area contributed by atoms with Gasteiger partial charge in [0.1, 0.15) is 17.5 Å². The van der Waals surface area contributed by atoms with E-state index in [0.717, 1.165) is 67.9 Å². The number of ether oxygens (including phenoxy) is 1. The molecular formula is C20H27N4O3S+. The van der Waals surface area contributed by atoms with Crippen molar-refractivity contribution in [2.24, 2.45) is 0 Å². The average molecular weight is 404 g/mol. The van der Waals surface area contributed by atoms with Crippen molar-refractivity contribution in [3.63, 3.8) is 0 Å². The van der Waals surface area contributed by atoms with Crippen LogP contribution in [-0.4, -0.2) is 59.7 Å². The lowest BCUT2D eigenvalue weighted by molar-refractivity contribution is -0.918. The van der Waals surface area contributed by atoms with Crippen LogP contribution >= 0.6 is 11.3 Å². The molecule has 8 heteroatoms. The maximum absolute atomic E-state index is 12.7. The molecule has 0 unspecified atom stereocenters. The fraction of sp³-hybridized carbons (Fsp3) is 0.650. The van der Waals surface area contributed by atoms with Crippen molar-refractivity contribution in [2.75, 3.05) is 32.8 Å². The Morgan fingerprint density at radius 3 is 2.86 bits per heavy atom. The zero-order valence-electron chi connectivity index (χ0n) is 16.1. The van der Waals surface area contributed by atoms with E-state index < -0.39 is 0 Å². The van der Waals surface area contributed by atoms with E-state index in [9.17, 15) is 9.59 Å². The number of H-pyrrole nitrogens is 1. The fourth-order valence-electron chi connectivity index (χ4n) is 4.73. The van der Waals surface area contributed by atoms with Gasteiger partial charge < -0.3 is 19.5 Å². The molecule has 150 valence electrons. The van der Waals surface area contributed by atoms with Crippen LogP contribution in [0.15, 0.2) is 4.79 Å². The molecule has 0 spiro atoms. The second-order valence-electron chi connectivity index (χ2n) is 8.16. The van der Waals surface area contributed by atoms with E-state index in [1.807, 2.05) is 4.90 Å². The number of quaternary nitrogens is 1. The first-order valence-corrected chi connectivity index (χ1v) is 11.3. The first-order valence-electron chi connectivity index (χ1n) is 10.5. The number of nitrogens with one attached hydrogen (secondary N) is 2. The van der Waals surface area contributed by atoms with Crippen molar-refractivity contribution in [1.29, 1.82) is 0 Å². The van der Waals surface area contributed by atoms with Gasteiger partial charge in [0.05, 0.1) is 31.6 Å². The highest BCUT2D eigenvalue weighted by Crippen LogP contribution is 2.33. The molecule has 2 aromatic heterocycles. The van der Waals surface area contributed by atoms with Gasteiger partial charge in [-0.3, -0.25) is 9.59 Å². The number of aryl methyl sites for hydroxylation is 2. The summed E-state index contributed by atoms with van der Waals surface area (Å²) in [5.74, 6) is 0.915. The molecule has 2 aromatic rings. The van der Waals surface area contributed by atoms with Crippen LogP contribution in [0.2, 0.25) is 0 Å². The second kappa shape index (κ2) is 7.57. The molecule has 0 saturated carbocycles. The number of fused-ring (bicyclic) bond motifs is 3. The molecule has 1 amide bonds. The van der Waals surface area contributed by atoms with Crippen LogP contribution in [0.4, 0.5) is 0 Å². The van der Waals surface area contributed by atoms with Gasteiger partial charge in [-0.2, -0.15) is 0 Å². The molecule has 5 rings (SSSR count). The third-order valence-corrected chi connectivity index (χ3v) is 7.46. The molecule has 0 radical (unpaired) electrons. The molecule has 2 N–H and O–H groups in total. The summed E-state index contributed by atoms with van der Waals surface area (Å²) >= 11 is 1.70.